The molecule has 0 aliphatic carbocycles. The van der Waals surface area contributed by atoms with Crippen LogP contribution >= 0.6 is 23.1 Å². The summed E-state index contributed by atoms with van der Waals surface area (Å²) >= 11 is 2.80. The molecule has 1 aliphatic heterocycles. The van der Waals surface area contributed by atoms with Gasteiger partial charge in [0.25, 0.3) is 0 Å². The molecule has 2 heterocycles. The first-order chi connectivity index (χ1) is 11.2. The molecule has 0 fully saturated rings. The summed E-state index contributed by atoms with van der Waals surface area (Å²) < 4.78 is 14.9. The van der Waals surface area contributed by atoms with Gasteiger partial charge in [-0.1, -0.05) is 41.2 Å². The summed E-state index contributed by atoms with van der Waals surface area (Å²) in [5.41, 5.74) is 1.29. The van der Waals surface area contributed by atoms with Crippen molar-refractivity contribution in [3.05, 3.63) is 75.7 Å². The smallest absolute Gasteiger partial charge is 0.193 e. The van der Waals surface area contributed by atoms with Crippen LogP contribution in [0.3, 0.4) is 0 Å². The predicted molar refractivity (Wildman–Crippen MR) is 91.4 cm³/mol. The Morgan fingerprint density at radius 3 is 2.57 bits per heavy atom. The van der Waals surface area contributed by atoms with Crippen molar-refractivity contribution in [1.29, 1.82) is 0 Å². The van der Waals surface area contributed by atoms with Gasteiger partial charge < -0.3 is 5.21 Å². The van der Waals surface area contributed by atoms with Crippen molar-refractivity contribution in [1.82, 2.24) is 0 Å². The fourth-order valence-corrected chi connectivity index (χ4v) is 5.33. The first kappa shape index (κ1) is 14.4. The third-order valence-corrected chi connectivity index (χ3v) is 6.25. The highest BCUT2D eigenvalue weighted by molar-refractivity contribution is 8.16. The average molecular weight is 343 g/mol. The maximum atomic E-state index is 13.2. The SMILES string of the molecule is O=c1c2c(sc3ccccc13)S/C(=N\O)[C@@H]2c1ccc(F)cc1. The topological polar surface area (TPSA) is 49.7 Å². The first-order valence-corrected chi connectivity index (χ1v) is 8.53. The van der Waals surface area contributed by atoms with Crippen molar-refractivity contribution in [3.8, 4) is 0 Å². The van der Waals surface area contributed by atoms with Crippen LogP contribution in [-0.2, 0) is 0 Å². The van der Waals surface area contributed by atoms with E-state index in [0.29, 0.717) is 16.0 Å². The molecule has 2 aromatic carbocycles. The van der Waals surface area contributed by atoms with Gasteiger partial charge in [-0.2, -0.15) is 0 Å². The molecule has 114 valence electrons. The number of nitrogens with zero attached hydrogens (tertiary/aromatic N) is 1. The third-order valence-electron chi connectivity index (χ3n) is 3.83. The van der Waals surface area contributed by atoms with Crippen LogP contribution in [0, 0.1) is 5.82 Å². The van der Waals surface area contributed by atoms with Crippen molar-refractivity contribution in [3.63, 3.8) is 0 Å². The van der Waals surface area contributed by atoms with Gasteiger partial charge in [-0.25, -0.2) is 4.39 Å². The van der Waals surface area contributed by atoms with E-state index in [1.54, 1.807) is 18.2 Å². The molecule has 0 radical (unpaired) electrons. The van der Waals surface area contributed by atoms with E-state index >= 15 is 0 Å². The molecular weight excluding hydrogens is 333 g/mol. The molecule has 1 aliphatic rings. The van der Waals surface area contributed by atoms with E-state index in [4.69, 9.17) is 0 Å². The molecule has 4 rings (SSSR count). The summed E-state index contributed by atoms with van der Waals surface area (Å²) in [4.78, 5) is 12.9. The molecule has 0 amide bonds. The largest absolute Gasteiger partial charge is 0.410 e. The lowest BCUT2D eigenvalue weighted by molar-refractivity contribution is 0.319. The van der Waals surface area contributed by atoms with E-state index < -0.39 is 5.92 Å². The number of oxime groups is 1. The van der Waals surface area contributed by atoms with E-state index in [1.807, 2.05) is 18.2 Å². The molecular formula is C17H10FNO2S2. The summed E-state index contributed by atoms with van der Waals surface area (Å²) in [6.45, 7) is 0. The van der Waals surface area contributed by atoms with Crippen LogP contribution in [0.1, 0.15) is 17.0 Å². The molecule has 0 bridgehead atoms. The molecule has 23 heavy (non-hydrogen) atoms. The van der Waals surface area contributed by atoms with Crippen LogP contribution in [0.5, 0.6) is 0 Å². The highest BCUT2D eigenvalue weighted by Gasteiger charge is 2.35. The zero-order valence-corrected chi connectivity index (χ0v) is 13.3. The van der Waals surface area contributed by atoms with E-state index in [0.717, 1.165) is 14.5 Å². The van der Waals surface area contributed by atoms with Gasteiger partial charge in [0.05, 0.1) is 10.1 Å². The van der Waals surface area contributed by atoms with Crippen molar-refractivity contribution < 1.29 is 9.60 Å². The van der Waals surface area contributed by atoms with Crippen molar-refractivity contribution in [2.75, 3.05) is 0 Å². The van der Waals surface area contributed by atoms with Crippen LogP contribution < -0.4 is 5.43 Å². The van der Waals surface area contributed by atoms with Crippen molar-refractivity contribution in [2.45, 2.75) is 10.1 Å². The number of thioether (sulfide) groups is 1. The fourth-order valence-electron chi connectivity index (χ4n) is 2.78. The van der Waals surface area contributed by atoms with E-state index in [-0.39, 0.29) is 11.2 Å². The second kappa shape index (κ2) is 5.47. The Kier molecular flexibility index (Phi) is 3.43. The summed E-state index contributed by atoms with van der Waals surface area (Å²) in [6.07, 6.45) is 0. The predicted octanol–water partition coefficient (Wildman–Crippen LogP) is 4.43. The standard InChI is InChI=1S/C17H10FNO2S2/c18-10-7-5-9(6-8-10)13-14-15(20)11-3-1-2-4-12(11)22-17(14)23-16(13)19-21/h1-8,13,21H/b19-16-/t13-/m1/s1. The monoisotopic (exact) mass is 343 g/mol. The van der Waals surface area contributed by atoms with Gasteiger partial charge in [0, 0.05) is 15.6 Å². The summed E-state index contributed by atoms with van der Waals surface area (Å²) in [7, 11) is 0. The quantitative estimate of drug-likeness (QED) is 0.525. The molecule has 0 spiro atoms. The van der Waals surface area contributed by atoms with Gasteiger partial charge >= 0.3 is 0 Å². The number of rotatable bonds is 1. The highest BCUT2D eigenvalue weighted by Crippen LogP contribution is 2.47. The third kappa shape index (κ3) is 2.26. The first-order valence-electron chi connectivity index (χ1n) is 6.90. The number of hydrogen-bond donors (Lipinski definition) is 1. The molecule has 0 saturated carbocycles. The molecule has 1 N–H and O–H groups in total. The molecule has 1 atom stereocenters. The number of benzene rings is 2. The summed E-state index contributed by atoms with van der Waals surface area (Å²) in [5, 5.41) is 13.8. The van der Waals surface area contributed by atoms with Gasteiger partial charge in [0.2, 0.25) is 0 Å². The maximum absolute atomic E-state index is 13.2. The van der Waals surface area contributed by atoms with E-state index in [2.05, 4.69) is 5.16 Å². The maximum Gasteiger partial charge on any atom is 0.193 e. The van der Waals surface area contributed by atoms with Gasteiger partial charge in [-0.15, -0.1) is 11.3 Å². The normalized spacial score (nSPS) is 18.5. The Bertz CT molecular complexity index is 996. The lowest BCUT2D eigenvalue weighted by Crippen LogP contribution is -2.15. The minimum absolute atomic E-state index is 0.0603. The second-order valence-electron chi connectivity index (χ2n) is 5.15. The molecule has 3 nitrogen and oxygen atoms in total. The zero-order chi connectivity index (χ0) is 16.0. The lowest BCUT2D eigenvalue weighted by Gasteiger charge is -2.11. The summed E-state index contributed by atoms with van der Waals surface area (Å²) in [6, 6.07) is 13.4. The van der Waals surface area contributed by atoms with Crippen LogP contribution in [0.2, 0.25) is 0 Å². The number of halogens is 1. The zero-order valence-electron chi connectivity index (χ0n) is 11.7. The second-order valence-corrected chi connectivity index (χ2v) is 7.49. The Balaban J connectivity index is 2.00. The van der Waals surface area contributed by atoms with Crippen LogP contribution in [0.25, 0.3) is 10.1 Å². The lowest BCUT2D eigenvalue weighted by atomic mass is 9.93. The summed E-state index contributed by atoms with van der Waals surface area (Å²) in [5.74, 6) is -0.792. The van der Waals surface area contributed by atoms with Crippen molar-refractivity contribution in [2.24, 2.45) is 5.16 Å². The van der Waals surface area contributed by atoms with Gasteiger partial charge in [-0.05, 0) is 29.8 Å². The fraction of sp³-hybridized carbons (Fsp3) is 0.0588. The van der Waals surface area contributed by atoms with Gasteiger partial charge in [-0.3, -0.25) is 4.79 Å². The minimum Gasteiger partial charge on any atom is -0.410 e. The average Bonchev–Trinajstić information content (AvgIpc) is 2.94. The van der Waals surface area contributed by atoms with Gasteiger partial charge in [0.15, 0.2) is 5.43 Å². The Labute approximate surface area is 139 Å². The Morgan fingerprint density at radius 1 is 1.09 bits per heavy atom. The molecule has 1 aromatic heterocycles. The number of fused-ring (bicyclic) bond motifs is 2. The molecule has 0 saturated heterocycles. The van der Waals surface area contributed by atoms with E-state index in [1.165, 1.54) is 35.2 Å². The number of hydrogen-bond acceptors (Lipinski definition) is 5. The van der Waals surface area contributed by atoms with Crippen LogP contribution in [0.4, 0.5) is 4.39 Å². The molecule has 6 heteroatoms. The van der Waals surface area contributed by atoms with Crippen LogP contribution in [-0.4, -0.2) is 10.3 Å². The van der Waals surface area contributed by atoms with Gasteiger partial charge in [0.1, 0.15) is 10.9 Å². The van der Waals surface area contributed by atoms with Crippen molar-refractivity contribution >= 4 is 38.2 Å². The minimum atomic E-state index is -0.450. The van der Waals surface area contributed by atoms with E-state index in [9.17, 15) is 14.4 Å². The molecule has 0 unspecified atom stereocenters. The Morgan fingerprint density at radius 2 is 1.83 bits per heavy atom. The molecule has 3 aromatic rings. The highest BCUT2D eigenvalue weighted by atomic mass is 32.2. The Hall–Kier alpha value is -2.18. The van der Waals surface area contributed by atoms with Crippen LogP contribution in [0.15, 0.2) is 62.7 Å².